The lowest BCUT2D eigenvalue weighted by atomic mass is 10.1. The van der Waals surface area contributed by atoms with E-state index in [1.807, 2.05) is 21.1 Å². The molecule has 0 rings (SSSR count). The lowest BCUT2D eigenvalue weighted by molar-refractivity contribution is -0.870. The molecule has 0 aliphatic carbocycles. The van der Waals surface area contributed by atoms with Crippen LogP contribution in [0.4, 0.5) is 0 Å². The van der Waals surface area contributed by atoms with E-state index >= 15 is 0 Å². The number of hydrogen-bond donors (Lipinski definition) is 1. The quantitative estimate of drug-likeness (QED) is 0.0211. The minimum atomic E-state index is -4.39. The highest BCUT2D eigenvalue weighted by molar-refractivity contribution is 7.47. The maximum Gasteiger partial charge on any atom is 0.472 e. The van der Waals surface area contributed by atoms with Gasteiger partial charge in [0.15, 0.2) is 6.10 Å². The average Bonchev–Trinajstić information content (AvgIpc) is 3.31. The predicted molar refractivity (Wildman–Crippen MR) is 293 cm³/mol. The van der Waals surface area contributed by atoms with Crippen molar-refractivity contribution in [3.05, 3.63) is 122 Å². The molecule has 2 unspecified atom stereocenters. The SMILES string of the molecule is CC/C=C\C/C=C\C/C=C\C/C=C\C/C=C\C/C=C\C/C=C\C/C=C\C/C=C\CCCCCCCC(=O)OC(COC(=O)CCCCCCC/C=C\CCCCC)COP(=O)(O)OCC[N+](C)(C)C. The molecule has 2 atom stereocenters. The first-order chi connectivity index (χ1) is 33.5. The summed E-state index contributed by atoms with van der Waals surface area (Å²) in [5.74, 6) is -0.842. The summed E-state index contributed by atoms with van der Waals surface area (Å²) in [5, 5.41) is 0. The van der Waals surface area contributed by atoms with Crippen LogP contribution in [-0.4, -0.2) is 74.9 Å². The molecule has 0 spiro atoms. The highest BCUT2D eigenvalue weighted by Crippen LogP contribution is 2.43. The van der Waals surface area contributed by atoms with Crippen molar-refractivity contribution in [3.63, 3.8) is 0 Å². The summed E-state index contributed by atoms with van der Waals surface area (Å²) in [6.45, 7) is 4.23. The van der Waals surface area contributed by atoms with Gasteiger partial charge >= 0.3 is 19.8 Å². The van der Waals surface area contributed by atoms with Crippen molar-refractivity contribution in [1.29, 1.82) is 0 Å². The van der Waals surface area contributed by atoms with Crippen LogP contribution in [0.2, 0.25) is 0 Å². The van der Waals surface area contributed by atoms with E-state index in [4.69, 9.17) is 18.5 Å². The second-order valence-electron chi connectivity index (χ2n) is 18.5. The lowest BCUT2D eigenvalue weighted by Crippen LogP contribution is -2.37. The highest BCUT2D eigenvalue weighted by atomic mass is 31.2. The van der Waals surface area contributed by atoms with Crippen LogP contribution in [0.15, 0.2) is 122 Å². The number of ether oxygens (including phenoxy) is 2. The molecule has 69 heavy (non-hydrogen) atoms. The minimum Gasteiger partial charge on any atom is -0.462 e. The second-order valence-corrected chi connectivity index (χ2v) is 20.0. The predicted octanol–water partition coefficient (Wildman–Crippen LogP) is 16.4. The molecule has 0 fully saturated rings. The molecular formula is C59H99NO8P+. The van der Waals surface area contributed by atoms with Gasteiger partial charge in [-0.05, 0) is 109 Å². The molecule has 0 heterocycles. The number of hydrogen-bond acceptors (Lipinski definition) is 7. The Labute approximate surface area is 422 Å². The van der Waals surface area contributed by atoms with Gasteiger partial charge in [-0.1, -0.05) is 187 Å². The summed E-state index contributed by atoms with van der Waals surface area (Å²) in [5.41, 5.74) is 0. The van der Waals surface area contributed by atoms with Gasteiger partial charge in [-0.15, -0.1) is 0 Å². The summed E-state index contributed by atoms with van der Waals surface area (Å²) in [6, 6.07) is 0. The smallest absolute Gasteiger partial charge is 0.462 e. The van der Waals surface area contributed by atoms with Crippen molar-refractivity contribution in [1.82, 2.24) is 0 Å². The normalized spacial score (nSPS) is 14.3. The number of phosphoric ester groups is 1. The summed E-state index contributed by atoms with van der Waals surface area (Å²) >= 11 is 0. The van der Waals surface area contributed by atoms with Crippen LogP contribution >= 0.6 is 7.82 Å². The van der Waals surface area contributed by atoms with E-state index < -0.39 is 26.5 Å². The molecule has 0 radical (unpaired) electrons. The van der Waals surface area contributed by atoms with Gasteiger partial charge in [0.05, 0.1) is 27.7 Å². The van der Waals surface area contributed by atoms with E-state index in [1.54, 1.807) is 0 Å². The van der Waals surface area contributed by atoms with Crippen molar-refractivity contribution in [2.45, 2.75) is 193 Å². The Bertz CT molecular complexity index is 1580. The van der Waals surface area contributed by atoms with Crippen molar-refractivity contribution < 1.29 is 42.1 Å². The Morgan fingerprint density at radius 3 is 1.25 bits per heavy atom. The third kappa shape index (κ3) is 53.6. The molecular weight excluding hydrogens is 882 g/mol. The summed E-state index contributed by atoms with van der Waals surface area (Å²) < 4.78 is 34.4. The number of carbonyl (C=O) groups is 2. The van der Waals surface area contributed by atoms with Gasteiger partial charge in [0, 0.05) is 12.8 Å². The van der Waals surface area contributed by atoms with Gasteiger partial charge in [-0.25, -0.2) is 4.57 Å². The number of quaternary nitrogens is 1. The largest absolute Gasteiger partial charge is 0.472 e. The van der Waals surface area contributed by atoms with Crippen LogP contribution in [0, 0.1) is 0 Å². The van der Waals surface area contributed by atoms with Crippen LogP contribution in [0.25, 0.3) is 0 Å². The molecule has 0 saturated heterocycles. The molecule has 0 aromatic rings. The van der Waals surface area contributed by atoms with Crippen LogP contribution < -0.4 is 0 Å². The van der Waals surface area contributed by atoms with Crippen LogP contribution in [0.1, 0.15) is 187 Å². The zero-order valence-corrected chi connectivity index (χ0v) is 45.1. The standard InChI is InChI=1S/C59H98NO8P/c1-6-8-10-12-14-16-18-20-21-22-23-24-25-26-27-28-29-30-31-32-33-34-35-36-37-38-39-40-42-44-46-48-50-52-59(62)68-57(56-67-69(63,64)66-54-53-60(3,4)5)55-65-58(61)51-49-47-45-43-41-19-17-15-13-11-9-7-2/h8,10,14-17,20-21,23-24,26-27,29-30,32-33,35-36,38-39,57H,6-7,9,11-13,18-19,22,25,28,31,34,37,40-56H2,1-5H3/p+1/b10-8-,16-14-,17-15-,21-20-,24-23-,27-26-,30-29-,33-32-,36-35-,39-38-. The van der Waals surface area contributed by atoms with E-state index in [0.717, 1.165) is 135 Å². The van der Waals surface area contributed by atoms with Crippen molar-refractivity contribution in [3.8, 4) is 0 Å². The number of allylic oxidation sites excluding steroid dienone is 20. The highest BCUT2D eigenvalue weighted by Gasteiger charge is 2.27. The van der Waals surface area contributed by atoms with E-state index in [1.165, 1.54) is 19.3 Å². The lowest BCUT2D eigenvalue weighted by Gasteiger charge is -2.24. The molecule has 0 bridgehead atoms. The fraction of sp³-hybridized carbons (Fsp3) is 0.627. The molecule has 392 valence electrons. The first-order valence-corrected chi connectivity index (χ1v) is 28.3. The summed E-state index contributed by atoms with van der Waals surface area (Å²) in [4.78, 5) is 35.5. The molecule has 0 aliphatic heterocycles. The Morgan fingerprint density at radius 1 is 0.464 bits per heavy atom. The summed E-state index contributed by atoms with van der Waals surface area (Å²) in [7, 11) is 1.44. The molecule has 1 N–H and O–H groups in total. The van der Waals surface area contributed by atoms with Crippen LogP contribution in [-0.2, 0) is 32.7 Å². The molecule has 10 heteroatoms. The second kappa shape index (κ2) is 49.4. The van der Waals surface area contributed by atoms with Crippen molar-refractivity contribution in [2.75, 3.05) is 47.5 Å². The van der Waals surface area contributed by atoms with Crippen molar-refractivity contribution >= 4 is 19.8 Å². The van der Waals surface area contributed by atoms with Crippen LogP contribution in [0.5, 0.6) is 0 Å². The zero-order valence-electron chi connectivity index (χ0n) is 44.2. The van der Waals surface area contributed by atoms with Crippen molar-refractivity contribution in [2.24, 2.45) is 0 Å². The van der Waals surface area contributed by atoms with E-state index in [2.05, 4.69) is 135 Å². The number of unbranched alkanes of at least 4 members (excludes halogenated alkanes) is 13. The van der Waals surface area contributed by atoms with Gasteiger partial charge in [-0.3, -0.25) is 18.6 Å². The topological polar surface area (TPSA) is 108 Å². The van der Waals surface area contributed by atoms with E-state index in [-0.39, 0.29) is 32.0 Å². The Balaban J connectivity index is 4.24. The maximum absolute atomic E-state index is 12.8. The minimum absolute atomic E-state index is 0.0197. The van der Waals surface area contributed by atoms with Gasteiger partial charge in [-0.2, -0.15) is 0 Å². The van der Waals surface area contributed by atoms with Gasteiger partial charge < -0.3 is 18.9 Å². The van der Waals surface area contributed by atoms with Gasteiger partial charge in [0.25, 0.3) is 0 Å². The number of nitrogens with zero attached hydrogens (tertiary/aromatic N) is 1. The number of phosphoric acid groups is 1. The first-order valence-electron chi connectivity index (χ1n) is 26.8. The molecule has 0 aromatic heterocycles. The Hall–Kier alpha value is -3.59. The molecule has 0 aromatic carbocycles. The average molecular weight is 981 g/mol. The Morgan fingerprint density at radius 2 is 0.826 bits per heavy atom. The number of likely N-dealkylation sites (N-methyl/N-ethyl adjacent to an activating group) is 1. The van der Waals surface area contributed by atoms with Crippen LogP contribution in [0.3, 0.4) is 0 Å². The molecule has 0 amide bonds. The number of rotatable bonds is 47. The molecule has 9 nitrogen and oxygen atoms in total. The monoisotopic (exact) mass is 981 g/mol. The van der Waals surface area contributed by atoms with Gasteiger partial charge in [0.1, 0.15) is 19.8 Å². The van der Waals surface area contributed by atoms with E-state index in [0.29, 0.717) is 17.4 Å². The zero-order chi connectivity index (χ0) is 50.6. The molecule has 0 aliphatic rings. The Kier molecular flexibility index (Phi) is 46.8. The van der Waals surface area contributed by atoms with E-state index in [9.17, 15) is 19.0 Å². The number of esters is 2. The number of carbonyl (C=O) groups excluding carboxylic acids is 2. The third-order valence-corrected chi connectivity index (χ3v) is 11.7. The third-order valence-electron chi connectivity index (χ3n) is 10.7. The fourth-order valence-corrected chi connectivity index (χ4v) is 7.33. The fourth-order valence-electron chi connectivity index (χ4n) is 6.59. The summed E-state index contributed by atoms with van der Waals surface area (Å²) in [6.07, 6.45) is 69.8. The van der Waals surface area contributed by atoms with Gasteiger partial charge in [0.2, 0.25) is 0 Å². The first kappa shape index (κ1) is 65.4. The molecule has 0 saturated carbocycles. The maximum atomic E-state index is 12.8.